The maximum absolute atomic E-state index is 13.5. The van der Waals surface area contributed by atoms with Crippen LogP contribution in [0, 0.1) is 0 Å². The van der Waals surface area contributed by atoms with E-state index in [-0.39, 0.29) is 18.4 Å². The molecule has 0 bridgehead atoms. The zero-order valence-electron chi connectivity index (χ0n) is 15.9. The van der Waals surface area contributed by atoms with Crippen LogP contribution in [-0.4, -0.2) is 45.6 Å². The van der Waals surface area contributed by atoms with Gasteiger partial charge in [0.15, 0.2) is 5.78 Å². The summed E-state index contributed by atoms with van der Waals surface area (Å²) in [5, 5.41) is 3.24. The zero-order valence-corrected chi connectivity index (χ0v) is 16.8. The molecule has 1 saturated heterocycles. The second kappa shape index (κ2) is 7.79. The Bertz CT molecular complexity index is 973. The maximum Gasteiger partial charge on any atom is 0.325 e. The highest BCUT2D eigenvalue weighted by atomic mass is 32.2. The van der Waals surface area contributed by atoms with Gasteiger partial charge in [-0.25, -0.2) is 18.6 Å². The number of hydrogen-bond acceptors (Lipinski definition) is 5. The number of urea groups is 1. The zero-order chi connectivity index (χ0) is 21.4. The predicted octanol–water partition coefficient (Wildman–Crippen LogP) is 3.92. The Morgan fingerprint density at radius 3 is 2.40 bits per heavy atom. The van der Waals surface area contributed by atoms with Gasteiger partial charge in [0.25, 0.3) is 5.91 Å². The minimum Gasteiger partial charge on any atom is -0.323 e. The molecule has 3 amide bonds. The first-order valence-corrected chi connectivity index (χ1v) is 10.3. The highest BCUT2D eigenvalue weighted by Crippen LogP contribution is 2.41. The number of nitrogens with one attached hydrogen (secondary N) is 1. The average Bonchev–Trinajstić information content (AvgIpc) is 2.96. The van der Waals surface area contributed by atoms with Crippen LogP contribution in [0.3, 0.4) is 0 Å². The van der Waals surface area contributed by atoms with Crippen molar-refractivity contribution in [2.75, 3.05) is 6.54 Å². The number of ketones is 1. The molecule has 1 N–H and O–H groups in total. The lowest BCUT2D eigenvalue weighted by molar-refractivity contribution is -0.135. The van der Waals surface area contributed by atoms with Crippen LogP contribution < -0.4 is 5.32 Å². The van der Waals surface area contributed by atoms with Crippen LogP contribution in [0.2, 0.25) is 0 Å². The molecule has 9 heteroatoms. The van der Waals surface area contributed by atoms with E-state index < -0.39 is 48.6 Å². The van der Waals surface area contributed by atoms with Gasteiger partial charge in [0, 0.05) is 29.5 Å². The number of pyridine rings is 1. The molecule has 30 heavy (non-hydrogen) atoms. The predicted molar refractivity (Wildman–Crippen MR) is 106 cm³/mol. The number of benzene rings is 1. The number of Topliss-reactive ketones (excluding diaryl/α,β-unsaturated/α-hetero) is 1. The molecule has 2 fully saturated rings. The SMILES string of the molecule is O=C(CN1C(=O)NC2(CCC(F)(F)CC2)C1=O)c1ccc(Sc2ccccc2)nc1. The molecule has 6 nitrogen and oxygen atoms in total. The molecule has 0 atom stereocenters. The van der Waals surface area contributed by atoms with Crippen molar-refractivity contribution in [2.45, 2.75) is 47.1 Å². The molecule has 0 radical (unpaired) electrons. The second-order valence-electron chi connectivity index (χ2n) is 7.48. The van der Waals surface area contributed by atoms with Crippen LogP contribution >= 0.6 is 11.8 Å². The van der Waals surface area contributed by atoms with E-state index in [1.54, 1.807) is 12.1 Å². The van der Waals surface area contributed by atoms with E-state index in [0.717, 1.165) is 9.80 Å². The Kier molecular flexibility index (Phi) is 5.31. The number of carbonyl (C=O) groups excluding carboxylic acids is 3. The Morgan fingerprint density at radius 1 is 1.07 bits per heavy atom. The summed E-state index contributed by atoms with van der Waals surface area (Å²) < 4.78 is 26.9. The quantitative estimate of drug-likeness (QED) is 0.574. The summed E-state index contributed by atoms with van der Waals surface area (Å²) in [5.41, 5.74) is -1.06. The van der Waals surface area contributed by atoms with Crippen LogP contribution in [0.5, 0.6) is 0 Å². The lowest BCUT2D eigenvalue weighted by Crippen LogP contribution is -2.51. The standard InChI is InChI=1S/C21H19F2N3O3S/c22-21(23)10-8-20(9-11-21)18(28)26(19(29)25-20)13-16(27)14-6-7-17(24-12-14)30-15-4-2-1-3-5-15/h1-7,12H,8-11,13H2,(H,25,29). The number of alkyl halides is 2. The van der Waals surface area contributed by atoms with Gasteiger partial charge in [-0.3, -0.25) is 14.5 Å². The van der Waals surface area contributed by atoms with Gasteiger partial charge in [-0.1, -0.05) is 30.0 Å². The highest BCUT2D eigenvalue weighted by molar-refractivity contribution is 7.99. The molecule has 2 aromatic rings. The van der Waals surface area contributed by atoms with Gasteiger partial charge >= 0.3 is 6.03 Å². The van der Waals surface area contributed by atoms with Crippen molar-refractivity contribution in [3.63, 3.8) is 0 Å². The molecular formula is C21H19F2N3O3S. The van der Waals surface area contributed by atoms with Gasteiger partial charge in [0.2, 0.25) is 5.92 Å². The highest BCUT2D eigenvalue weighted by Gasteiger charge is 2.55. The van der Waals surface area contributed by atoms with Crippen LogP contribution in [0.25, 0.3) is 0 Å². The first-order valence-electron chi connectivity index (χ1n) is 9.52. The Balaban J connectivity index is 1.41. The summed E-state index contributed by atoms with van der Waals surface area (Å²) in [6.45, 7) is -0.449. The van der Waals surface area contributed by atoms with E-state index in [2.05, 4.69) is 10.3 Å². The second-order valence-corrected chi connectivity index (χ2v) is 8.58. The number of imide groups is 1. The van der Waals surface area contributed by atoms with Crippen LogP contribution in [-0.2, 0) is 4.79 Å². The van der Waals surface area contributed by atoms with Crippen LogP contribution in [0.4, 0.5) is 13.6 Å². The fourth-order valence-corrected chi connectivity index (χ4v) is 4.43. The Hall–Kier alpha value is -2.81. The summed E-state index contributed by atoms with van der Waals surface area (Å²) in [5.74, 6) is -3.88. The van der Waals surface area contributed by atoms with Crippen molar-refractivity contribution in [3.8, 4) is 0 Å². The maximum atomic E-state index is 13.5. The number of rotatable bonds is 5. The number of aromatic nitrogens is 1. The van der Waals surface area contributed by atoms with Gasteiger partial charge in [-0.2, -0.15) is 0 Å². The van der Waals surface area contributed by atoms with Crippen molar-refractivity contribution < 1.29 is 23.2 Å². The molecule has 0 unspecified atom stereocenters. The molecule has 1 aliphatic carbocycles. The molecule has 2 heterocycles. The Labute approximate surface area is 176 Å². The van der Waals surface area contributed by atoms with E-state index in [0.29, 0.717) is 5.03 Å². The van der Waals surface area contributed by atoms with Crippen molar-refractivity contribution in [1.82, 2.24) is 15.2 Å². The van der Waals surface area contributed by atoms with E-state index in [9.17, 15) is 23.2 Å². The van der Waals surface area contributed by atoms with Gasteiger partial charge < -0.3 is 5.32 Å². The third-order valence-electron chi connectivity index (χ3n) is 5.41. The van der Waals surface area contributed by atoms with Gasteiger partial charge in [-0.05, 0) is 37.1 Å². The summed E-state index contributed by atoms with van der Waals surface area (Å²) >= 11 is 1.44. The normalized spacial score (nSPS) is 19.7. The average molecular weight is 431 g/mol. The molecule has 2 aliphatic rings. The molecule has 1 aromatic carbocycles. The lowest BCUT2D eigenvalue weighted by atomic mass is 9.80. The van der Waals surface area contributed by atoms with Gasteiger partial charge in [-0.15, -0.1) is 0 Å². The monoisotopic (exact) mass is 431 g/mol. The first kappa shape index (κ1) is 20.5. The smallest absolute Gasteiger partial charge is 0.323 e. The van der Waals surface area contributed by atoms with E-state index in [1.807, 2.05) is 30.3 Å². The molecule has 156 valence electrons. The fraction of sp³-hybridized carbons (Fsp3) is 0.333. The molecule has 1 saturated carbocycles. The molecular weight excluding hydrogens is 412 g/mol. The summed E-state index contributed by atoms with van der Waals surface area (Å²) in [7, 11) is 0. The summed E-state index contributed by atoms with van der Waals surface area (Å²) in [4.78, 5) is 43.7. The number of halogens is 2. The van der Waals surface area contributed by atoms with Gasteiger partial charge in [0.05, 0.1) is 6.54 Å². The molecule has 4 rings (SSSR count). The van der Waals surface area contributed by atoms with E-state index in [4.69, 9.17) is 0 Å². The van der Waals surface area contributed by atoms with Crippen LogP contribution in [0.1, 0.15) is 36.0 Å². The molecule has 1 spiro atoms. The lowest BCUT2D eigenvalue weighted by Gasteiger charge is -2.34. The fourth-order valence-electron chi connectivity index (χ4n) is 3.65. The van der Waals surface area contributed by atoms with Crippen molar-refractivity contribution in [3.05, 3.63) is 54.2 Å². The van der Waals surface area contributed by atoms with Crippen molar-refractivity contribution in [2.24, 2.45) is 0 Å². The molecule has 1 aromatic heterocycles. The van der Waals surface area contributed by atoms with Crippen molar-refractivity contribution in [1.29, 1.82) is 0 Å². The van der Waals surface area contributed by atoms with E-state index >= 15 is 0 Å². The number of hydrogen-bond donors (Lipinski definition) is 1. The van der Waals surface area contributed by atoms with Crippen LogP contribution in [0.15, 0.2) is 58.6 Å². The van der Waals surface area contributed by atoms with E-state index in [1.165, 1.54) is 18.0 Å². The summed E-state index contributed by atoms with van der Waals surface area (Å²) in [6.07, 6.45) is 0.198. The topological polar surface area (TPSA) is 79.4 Å². The van der Waals surface area contributed by atoms with Gasteiger partial charge in [0.1, 0.15) is 10.6 Å². The first-order chi connectivity index (χ1) is 14.3. The third kappa shape index (κ3) is 4.07. The number of carbonyl (C=O) groups is 3. The minimum absolute atomic E-state index is 0.137. The van der Waals surface area contributed by atoms with Crippen molar-refractivity contribution >= 4 is 29.5 Å². The summed E-state index contributed by atoms with van der Waals surface area (Å²) in [6, 6.07) is 12.2. The Morgan fingerprint density at radius 2 is 1.77 bits per heavy atom. The number of nitrogens with zero attached hydrogens (tertiary/aromatic N) is 2. The third-order valence-corrected chi connectivity index (χ3v) is 6.37. The minimum atomic E-state index is -2.83. The largest absolute Gasteiger partial charge is 0.325 e. The molecule has 1 aliphatic heterocycles. The number of amides is 3.